The molecule has 0 aliphatic carbocycles. The van der Waals surface area contributed by atoms with Gasteiger partial charge >= 0.3 is 0 Å². The summed E-state index contributed by atoms with van der Waals surface area (Å²) in [5, 5.41) is 13.4. The van der Waals surface area contributed by atoms with Gasteiger partial charge in [0.2, 0.25) is 0 Å². The van der Waals surface area contributed by atoms with Crippen molar-refractivity contribution >= 4 is 17.4 Å². The van der Waals surface area contributed by atoms with Crippen LogP contribution < -0.4 is 10.6 Å². The number of hydrogen-bond acceptors (Lipinski definition) is 5. The number of anilines is 2. The Morgan fingerprint density at radius 3 is 2.82 bits per heavy atom. The van der Waals surface area contributed by atoms with Crippen LogP contribution in [0.3, 0.4) is 0 Å². The maximum absolute atomic E-state index is 13.0. The number of halogens is 1. The summed E-state index contributed by atoms with van der Waals surface area (Å²) in [7, 11) is 1.64. The average molecular weight is 304 g/mol. The van der Waals surface area contributed by atoms with Gasteiger partial charge < -0.3 is 15.4 Å². The molecule has 0 unspecified atom stereocenters. The highest BCUT2D eigenvalue weighted by Gasteiger charge is 2.09. The fourth-order valence-corrected chi connectivity index (χ4v) is 1.74. The summed E-state index contributed by atoms with van der Waals surface area (Å²) in [6.07, 6.45) is 0.847. The molecule has 1 aromatic carbocycles. The van der Waals surface area contributed by atoms with Crippen molar-refractivity contribution in [1.29, 1.82) is 0 Å². The third kappa shape index (κ3) is 4.78. The van der Waals surface area contributed by atoms with Crippen molar-refractivity contribution in [3.05, 3.63) is 47.9 Å². The average Bonchev–Trinajstić information content (AvgIpc) is 2.52. The van der Waals surface area contributed by atoms with Gasteiger partial charge in [-0.05, 0) is 36.8 Å². The molecule has 2 aromatic rings. The van der Waals surface area contributed by atoms with Crippen molar-refractivity contribution in [3.63, 3.8) is 0 Å². The SMILES string of the molecule is COCCCNc1ccc(C(=O)Nc2cccc(F)c2)nn1. The van der Waals surface area contributed by atoms with Crippen LogP contribution in [-0.4, -0.2) is 36.4 Å². The Bertz CT molecular complexity index is 619. The van der Waals surface area contributed by atoms with Crippen LogP contribution >= 0.6 is 0 Å². The van der Waals surface area contributed by atoms with E-state index in [4.69, 9.17) is 4.74 Å². The monoisotopic (exact) mass is 304 g/mol. The van der Waals surface area contributed by atoms with Crippen molar-refractivity contribution in [2.24, 2.45) is 0 Å². The van der Waals surface area contributed by atoms with E-state index < -0.39 is 11.7 Å². The molecule has 0 aliphatic rings. The van der Waals surface area contributed by atoms with Gasteiger partial charge in [-0.3, -0.25) is 4.79 Å². The van der Waals surface area contributed by atoms with E-state index in [0.29, 0.717) is 24.7 Å². The Labute approximate surface area is 127 Å². The largest absolute Gasteiger partial charge is 0.385 e. The summed E-state index contributed by atoms with van der Waals surface area (Å²) in [6.45, 7) is 1.37. The van der Waals surface area contributed by atoms with E-state index in [0.717, 1.165) is 6.42 Å². The van der Waals surface area contributed by atoms with Crippen LogP contribution in [-0.2, 0) is 4.74 Å². The van der Waals surface area contributed by atoms with Crippen molar-refractivity contribution in [1.82, 2.24) is 10.2 Å². The summed E-state index contributed by atoms with van der Waals surface area (Å²) >= 11 is 0. The molecule has 0 atom stereocenters. The third-order valence-corrected chi connectivity index (χ3v) is 2.81. The minimum atomic E-state index is -0.441. The molecule has 0 aliphatic heterocycles. The molecule has 116 valence electrons. The van der Waals surface area contributed by atoms with Gasteiger partial charge in [0.1, 0.15) is 11.6 Å². The van der Waals surface area contributed by atoms with Crippen molar-refractivity contribution in [3.8, 4) is 0 Å². The molecule has 0 bridgehead atoms. The number of ether oxygens (including phenoxy) is 1. The maximum Gasteiger partial charge on any atom is 0.276 e. The van der Waals surface area contributed by atoms with Crippen LogP contribution in [0.5, 0.6) is 0 Å². The van der Waals surface area contributed by atoms with E-state index in [9.17, 15) is 9.18 Å². The lowest BCUT2D eigenvalue weighted by atomic mass is 10.3. The predicted octanol–water partition coefficient (Wildman–Crippen LogP) is 2.32. The molecule has 2 rings (SSSR count). The van der Waals surface area contributed by atoms with E-state index in [2.05, 4.69) is 20.8 Å². The molecule has 0 saturated carbocycles. The number of amides is 1. The van der Waals surface area contributed by atoms with Gasteiger partial charge in [-0.2, -0.15) is 0 Å². The first-order valence-corrected chi connectivity index (χ1v) is 6.82. The van der Waals surface area contributed by atoms with Gasteiger partial charge in [0.15, 0.2) is 5.69 Å². The zero-order valence-electron chi connectivity index (χ0n) is 12.2. The zero-order valence-corrected chi connectivity index (χ0v) is 12.2. The first-order valence-electron chi connectivity index (χ1n) is 6.82. The normalized spacial score (nSPS) is 10.3. The maximum atomic E-state index is 13.0. The number of nitrogens with one attached hydrogen (secondary N) is 2. The molecule has 7 heteroatoms. The number of rotatable bonds is 7. The molecule has 0 spiro atoms. The topological polar surface area (TPSA) is 76.1 Å². The van der Waals surface area contributed by atoms with Crippen LogP contribution in [0.25, 0.3) is 0 Å². The van der Waals surface area contributed by atoms with Gasteiger partial charge in [0.05, 0.1) is 0 Å². The molecule has 22 heavy (non-hydrogen) atoms. The lowest BCUT2D eigenvalue weighted by Crippen LogP contribution is -2.15. The summed E-state index contributed by atoms with van der Waals surface area (Å²) in [5.74, 6) is -0.276. The summed E-state index contributed by atoms with van der Waals surface area (Å²) < 4.78 is 18.0. The minimum absolute atomic E-state index is 0.159. The molecule has 2 N–H and O–H groups in total. The second kappa shape index (κ2) is 8.04. The zero-order chi connectivity index (χ0) is 15.8. The van der Waals surface area contributed by atoms with Gasteiger partial charge in [0.25, 0.3) is 5.91 Å². The fourth-order valence-electron chi connectivity index (χ4n) is 1.74. The highest BCUT2D eigenvalue weighted by atomic mass is 19.1. The Balaban J connectivity index is 1.90. The van der Waals surface area contributed by atoms with Crippen LogP contribution in [0.1, 0.15) is 16.9 Å². The van der Waals surface area contributed by atoms with Crippen LogP contribution in [0, 0.1) is 5.82 Å². The molecule has 0 fully saturated rings. The summed E-state index contributed by atoms with van der Waals surface area (Å²) in [5.41, 5.74) is 0.528. The van der Waals surface area contributed by atoms with Crippen molar-refractivity contribution < 1.29 is 13.9 Å². The number of benzene rings is 1. The minimum Gasteiger partial charge on any atom is -0.385 e. The number of carbonyl (C=O) groups excluding carboxylic acids is 1. The number of methoxy groups -OCH3 is 1. The van der Waals surface area contributed by atoms with E-state index in [-0.39, 0.29) is 5.69 Å². The Morgan fingerprint density at radius 2 is 2.14 bits per heavy atom. The highest BCUT2D eigenvalue weighted by Crippen LogP contribution is 2.11. The predicted molar refractivity (Wildman–Crippen MR) is 81.4 cm³/mol. The molecule has 0 saturated heterocycles. The summed E-state index contributed by atoms with van der Waals surface area (Å²) in [4.78, 5) is 12.0. The Hall–Kier alpha value is -2.54. The molecule has 1 aromatic heterocycles. The van der Waals surface area contributed by atoms with E-state index in [1.807, 2.05) is 0 Å². The van der Waals surface area contributed by atoms with Crippen molar-refractivity contribution in [2.75, 3.05) is 30.9 Å². The van der Waals surface area contributed by atoms with E-state index in [1.165, 1.54) is 18.2 Å². The molecule has 1 heterocycles. The lowest BCUT2D eigenvalue weighted by molar-refractivity contribution is 0.102. The number of aromatic nitrogens is 2. The van der Waals surface area contributed by atoms with Crippen LogP contribution in [0.2, 0.25) is 0 Å². The molecular weight excluding hydrogens is 287 g/mol. The Kier molecular flexibility index (Phi) is 5.79. The number of carbonyl (C=O) groups is 1. The van der Waals surface area contributed by atoms with Gasteiger partial charge in [0, 0.05) is 25.9 Å². The van der Waals surface area contributed by atoms with E-state index in [1.54, 1.807) is 25.3 Å². The van der Waals surface area contributed by atoms with Gasteiger partial charge in [-0.15, -0.1) is 10.2 Å². The quantitative estimate of drug-likeness (QED) is 0.768. The lowest BCUT2D eigenvalue weighted by Gasteiger charge is -2.06. The second-order valence-corrected chi connectivity index (χ2v) is 4.54. The molecule has 6 nitrogen and oxygen atoms in total. The second-order valence-electron chi connectivity index (χ2n) is 4.54. The number of nitrogens with zero attached hydrogens (tertiary/aromatic N) is 2. The fraction of sp³-hybridized carbons (Fsp3) is 0.267. The highest BCUT2D eigenvalue weighted by molar-refractivity contribution is 6.02. The smallest absolute Gasteiger partial charge is 0.276 e. The molecule has 0 radical (unpaired) electrons. The van der Waals surface area contributed by atoms with E-state index >= 15 is 0 Å². The van der Waals surface area contributed by atoms with Gasteiger partial charge in [-0.25, -0.2) is 4.39 Å². The molecule has 1 amide bonds. The first kappa shape index (κ1) is 15.8. The first-order chi connectivity index (χ1) is 10.7. The van der Waals surface area contributed by atoms with Crippen LogP contribution in [0.4, 0.5) is 15.9 Å². The number of hydrogen-bond donors (Lipinski definition) is 2. The van der Waals surface area contributed by atoms with Crippen molar-refractivity contribution in [2.45, 2.75) is 6.42 Å². The summed E-state index contributed by atoms with van der Waals surface area (Å²) in [6, 6.07) is 8.88. The Morgan fingerprint density at radius 1 is 1.27 bits per heavy atom. The van der Waals surface area contributed by atoms with Gasteiger partial charge in [-0.1, -0.05) is 6.07 Å². The third-order valence-electron chi connectivity index (χ3n) is 2.81. The van der Waals surface area contributed by atoms with Crippen LogP contribution in [0.15, 0.2) is 36.4 Å². The standard InChI is InChI=1S/C15H17FN4O2/c1-22-9-3-8-17-14-7-6-13(19-20-14)15(21)18-12-5-2-4-11(16)10-12/h2,4-7,10H,3,8-9H2,1H3,(H,17,20)(H,18,21). The molecular formula is C15H17FN4O2.